The Morgan fingerprint density at radius 2 is 1.82 bits per heavy atom. The standard InChI is InChI=1S/C12H11F2N3/c13-9-3-8(4-10(14)6-9)5-11(15)12-7-16-1-2-17-12/h1-4,6-7,11H,5,15H2. The predicted octanol–water partition coefficient (Wildman–Crippen LogP) is 2.00. The quantitative estimate of drug-likeness (QED) is 0.885. The van der Waals surface area contributed by atoms with Gasteiger partial charge in [-0.25, -0.2) is 8.78 Å². The van der Waals surface area contributed by atoms with Crippen LogP contribution in [-0.4, -0.2) is 9.97 Å². The van der Waals surface area contributed by atoms with E-state index in [1.165, 1.54) is 24.5 Å². The fraction of sp³-hybridized carbons (Fsp3) is 0.167. The highest BCUT2D eigenvalue weighted by atomic mass is 19.1. The molecule has 2 N–H and O–H groups in total. The number of nitrogens with two attached hydrogens (primary N) is 1. The summed E-state index contributed by atoms with van der Waals surface area (Å²) in [5.74, 6) is -1.21. The summed E-state index contributed by atoms with van der Waals surface area (Å²) in [6, 6.07) is 2.93. The zero-order valence-corrected chi connectivity index (χ0v) is 8.98. The SMILES string of the molecule is NC(Cc1cc(F)cc(F)c1)c1cnccn1. The van der Waals surface area contributed by atoms with E-state index < -0.39 is 17.7 Å². The van der Waals surface area contributed by atoms with Crippen LogP contribution < -0.4 is 5.73 Å². The topological polar surface area (TPSA) is 51.8 Å². The average Bonchev–Trinajstić information content (AvgIpc) is 2.28. The summed E-state index contributed by atoms with van der Waals surface area (Å²) >= 11 is 0. The third-order valence-corrected chi connectivity index (χ3v) is 2.34. The molecule has 1 aromatic carbocycles. The van der Waals surface area contributed by atoms with Gasteiger partial charge < -0.3 is 5.73 Å². The van der Waals surface area contributed by atoms with Crippen molar-refractivity contribution < 1.29 is 8.78 Å². The van der Waals surface area contributed by atoms with E-state index in [4.69, 9.17) is 5.73 Å². The van der Waals surface area contributed by atoms with Crippen LogP contribution in [0.25, 0.3) is 0 Å². The van der Waals surface area contributed by atoms with Crippen molar-refractivity contribution in [3.8, 4) is 0 Å². The number of hydrogen-bond donors (Lipinski definition) is 1. The lowest BCUT2D eigenvalue weighted by Gasteiger charge is -2.10. The predicted molar refractivity (Wildman–Crippen MR) is 59.0 cm³/mol. The Labute approximate surface area is 97.3 Å². The van der Waals surface area contributed by atoms with Crippen molar-refractivity contribution >= 4 is 0 Å². The van der Waals surface area contributed by atoms with Crippen molar-refractivity contribution in [3.63, 3.8) is 0 Å². The largest absolute Gasteiger partial charge is 0.322 e. The van der Waals surface area contributed by atoms with Gasteiger partial charge in [-0.15, -0.1) is 0 Å². The lowest BCUT2D eigenvalue weighted by molar-refractivity contribution is 0.575. The summed E-state index contributed by atoms with van der Waals surface area (Å²) in [5.41, 5.74) is 6.97. The Morgan fingerprint density at radius 3 is 2.41 bits per heavy atom. The second-order valence-electron chi connectivity index (χ2n) is 3.72. The second kappa shape index (κ2) is 4.97. The monoisotopic (exact) mass is 235 g/mol. The maximum absolute atomic E-state index is 13.0. The van der Waals surface area contributed by atoms with Crippen molar-refractivity contribution in [2.24, 2.45) is 5.73 Å². The molecule has 1 unspecified atom stereocenters. The van der Waals surface area contributed by atoms with Gasteiger partial charge >= 0.3 is 0 Å². The molecule has 0 saturated heterocycles. The molecule has 0 aliphatic rings. The molecule has 0 aliphatic carbocycles. The molecule has 0 radical (unpaired) electrons. The number of benzene rings is 1. The number of nitrogens with zero attached hydrogens (tertiary/aromatic N) is 2. The minimum Gasteiger partial charge on any atom is -0.322 e. The average molecular weight is 235 g/mol. The van der Waals surface area contributed by atoms with Gasteiger partial charge in [0.25, 0.3) is 0 Å². The minimum absolute atomic E-state index is 0.313. The van der Waals surface area contributed by atoms with Crippen molar-refractivity contribution in [1.29, 1.82) is 0 Å². The van der Waals surface area contributed by atoms with Gasteiger partial charge in [0, 0.05) is 24.7 Å². The van der Waals surface area contributed by atoms with Crippen LogP contribution in [0, 0.1) is 11.6 Å². The molecule has 0 spiro atoms. The summed E-state index contributed by atoms with van der Waals surface area (Å²) < 4.78 is 25.9. The zero-order valence-electron chi connectivity index (χ0n) is 8.98. The van der Waals surface area contributed by atoms with E-state index in [0.717, 1.165) is 6.07 Å². The second-order valence-corrected chi connectivity index (χ2v) is 3.72. The van der Waals surface area contributed by atoms with Crippen LogP contribution >= 0.6 is 0 Å². The summed E-state index contributed by atoms with van der Waals surface area (Å²) in [7, 11) is 0. The normalized spacial score (nSPS) is 12.4. The van der Waals surface area contributed by atoms with Crippen LogP contribution in [0.1, 0.15) is 17.3 Å². The number of hydrogen-bond acceptors (Lipinski definition) is 3. The van der Waals surface area contributed by atoms with Gasteiger partial charge in [0.05, 0.1) is 11.7 Å². The molecule has 5 heteroatoms. The van der Waals surface area contributed by atoms with Crippen LogP contribution in [0.4, 0.5) is 8.78 Å². The highest BCUT2D eigenvalue weighted by Crippen LogP contribution is 2.15. The van der Waals surface area contributed by atoms with Gasteiger partial charge in [-0.05, 0) is 24.1 Å². The number of aromatic nitrogens is 2. The van der Waals surface area contributed by atoms with E-state index in [-0.39, 0.29) is 0 Å². The molecule has 0 amide bonds. The molecule has 1 aromatic heterocycles. The molecule has 0 fully saturated rings. The van der Waals surface area contributed by atoms with Crippen LogP contribution in [0.5, 0.6) is 0 Å². The summed E-state index contributed by atoms with van der Waals surface area (Å²) in [4.78, 5) is 7.94. The number of halogens is 2. The van der Waals surface area contributed by atoms with E-state index in [1.807, 2.05) is 0 Å². The third-order valence-electron chi connectivity index (χ3n) is 2.34. The first kappa shape index (κ1) is 11.6. The van der Waals surface area contributed by atoms with E-state index in [9.17, 15) is 8.78 Å². The van der Waals surface area contributed by atoms with Gasteiger partial charge in [0.2, 0.25) is 0 Å². The number of rotatable bonds is 3. The van der Waals surface area contributed by atoms with Gasteiger partial charge in [-0.3, -0.25) is 9.97 Å². The molecule has 88 valence electrons. The molecular weight excluding hydrogens is 224 g/mol. The third kappa shape index (κ3) is 3.04. The van der Waals surface area contributed by atoms with Gasteiger partial charge in [0.15, 0.2) is 0 Å². The van der Waals surface area contributed by atoms with Crippen LogP contribution in [0.15, 0.2) is 36.8 Å². The van der Waals surface area contributed by atoms with E-state index in [2.05, 4.69) is 9.97 Å². The molecule has 2 rings (SSSR count). The van der Waals surface area contributed by atoms with Crippen LogP contribution in [0.2, 0.25) is 0 Å². The van der Waals surface area contributed by atoms with Crippen LogP contribution in [-0.2, 0) is 6.42 Å². The maximum atomic E-state index is 13.0. The lowest BCUT2D eigenvalue weighted by Crippen LogP contribution is -2.15. The molecule has 1 heterocycles. The summed E-state index contributed by atoms with van der Waals surface area (Å²) in [5, 5.41) is 0. The Kier molecular flexibility index (Phi) is 3.39. The first-order valence-electron chi connectivity index (χ1n) is 5.11. The van der Waals surface area contributed by atoms with Crippen molar-refractivity contribution in [2.45, 2.75) is 12.5 Å². The van der Waals surface area contributed by atoms with Crippen molar-refractivity contribution in [2.75, 3.05) is 0 Å². The van der Waals surface area contributed by atoms with Crippen molar-refractivity contribution in [3.05, 3.63) is 59.7 Å². The molecule has 17 heavy (non-hydrogen) atoms. The highest BCUT2D eigenvalue weighted by molar-refractivity contribution is 5.20. The molecule has 2 aromatic rings. The Morgan fingerprint density at radius 1 is 1.12 bits per heavy atom. The molecule has 0 bridgehead atoms. The molecule has 0 aliphatic heterocycles. The Hall–Kier alpha value is -1.88. The Balaban J connectivity index is 2.16. The smallest absolute Gasteiger partial charge is 0.126 e. The zero-order chi connectivity index (χ0) is 12.3. The fourth-order valence-corrected chi connectivity index (χ4v) is 1.59. The molecule has 0 saturated carbocycles. The lowest BCUT2D eigenvalue weighted by atomic mass is 10.0. The summed E-state index contributed by atoms with van der Waals surface area (Å²) in [6.45, 7) is 0. The van der Waals surface area contributed by atoms with Gasteiger partial charge in [0.1, 0.15) is 11.6 Å². The van der Waals surface area contributed by atoms with E-state index in [0.29, 0.717) is 17.7 Å². The summed E-state index contributed by atoms with van der Waals surface area (Å²) in [6.07, 6.45) is 4.92. The minimum atomic E-state index is -0.605. The maximum Gasteiger partial charge on any atom is 0.126 e. The first-order valence-corrected chi connectivity index (χ1v) is 5.11. The van der Waals surface area contributed by atoms with Crippen LogP contribution in [0.3, 0.4) is 0 Å². The fourth-order valence-electron chi connectivity index (χ4n) is 1.59. The molecule has 1 atom stereocenters. The van der Waals surface area contributed by atoms with E-state index >= 15 is 0 Å². The van der Waals surface area contributed by atoms with E-state index in [1.54, 1.807) is 6.20 Å². The Bertz CT molecular complexity index is 482. The van der Waals surface area contributed by atoms with Gasteiger partial charge in [-0.1, -0.05) is 0 Å². The van der Waals surface area contributed by atoms with Crippen molar-refractivity contribution in [1.82, 2.24) is 9.97 Å². The first-order chi connectivity index (χ1) is 8.15. The van der Waals surface area contributed by atoms with Gasteiger partial charge in [-0.2, -0.15) is 0 Å². The highest BCUT2D eigenvalue weighted by Gasteiger charge is 2.10. The molecule has 3 nitrogen and oxygen atoms in total. The molecular formula is C12H11F2N3.